The fourth-order valence-electron chi connectivity index (χ4n) is 4.31. The molecule has 32 heavy (non-hydrogen) atoms. The maximum atomic E-state index is 13.1. The van der Waals surface area contributed by atoms with Crippen LogP contribution in [0.2, 0.25) is 4.34 Å². The number of sulfonamides is 1. The van der Waals surface area contributed by atoms with Gasteiger partial charge in [-0.05, 0) is 55.7 Å². The van der Waals surface area contributed by atoms with Gasteiger partial charge in [0.2, 0.25) is 5.91 Å². The third-order valence-electron chi connectivity index (χ3n) is 6.04. The highest BCUT2D eigenvalue weighted by molar-refractivity contribution is 7.91. The topological polar surface area (TPSA) is 92.8 Å². The lowest BCUT2D eigenvalue weighted by atomic mass is 9.88. The van der Waals surface area contributed by atoms with Crippen LogP contribution in [-0.4, -0.2) is 44.8 Å². The van der Waals surface area contributed by atoms with Gasteiger partial charge in [-0.25, -0.2) is 13.2 Å². The molecule has 11 heteroatoms. The first-order chi connectivity index (χ1) is 15.2. The molecule has 0 bridgehead atoms. The van der Waals surface area contributed by atoms with Crippen molar-refractivity contribution in [1.82, 2.24) is 4.31 Å². The fourth-order valence-corrected chi connectivity index (χ4v) is 8.87. The Morgan fingerprint density at radius 2 is 2.03 bits per heavy atom. The summed E-state index contributed by atoms with van der Waals surface area (Å²) < 4.78 is 32.8. The van der Waals surface area contributed by atoms with Gasteiger partial charge in [0.25, 0.3) is 10.0 Å². The fraction of sp³-hybridized carbons (Fsp3) is 0.524. The van der Waals surface area contributed by atoms with E-state index in [1.807, 2.05) is 0 Å². The molecule has 1 saturated heterocycles. The zero-order chi connectivity index (χ0) is 23.0. The van der Waals surface area contributed by atoms with Gasteiger partial charge in [-0.3, -0.25) is 4.79 Å². The lowest BCUT2D eigenvalue weighted by Crippen LogP contribution is -2.43. The van der Waals surface area contributed by atoms with Crippen LogP contribution in [0.1, 0.15) is 47.0 Å². The molecule has 2 unspecified atom stereocenters. The average Bonchev–Trinajstić information content (AvgIpc) is 3.36. The molecule has 2 aromatic heterocycles. The summed E-state index contributed by atoms with van der Waals surface area (Å²) in [6, 6.07) is 3.05. The molecule has 1 amide bonds. The highest BCUT2D eigenvalue weighted by atomic mass is 35.5. The Balaban J connectivity index is 1.53. The zero-order valence-corrected chi connectivity index (χ0v) is 21.1. The number of anilines is 1. The van der Waals surface area contributed by atoms with Gasteiger partial charge in [-0.1, -0.05) is 18.5 Å². The predicted molar refractivity (Wildman–Crippen MR) is 126 cm³/mol. The predicted octanol–water partition coefficient (Wildman–Crippen LogP) is 4.41. The number of fused-ring (bicyclic) bond motifs is 1. The molecule has 7 nitrogen and oxygen atoms in total. The molecule has 3 heterocycles. The molecule has 2 aliphatic rings. The molecule has 1 fully saturated rings. The molecule has 0 aromatic carbocycles. The quantitative estimate of drug-likeness (QED) is 0.594. The number of esters is 1. The molecule has 2 atom stereocenters. The Morgan fingerprint density at radius 1 is 1.25 bits per heavy atom. The van der Waals surface area contributed by atoms with Gasteiger partial charge in [-0.2, -0.15) is 4.31 Å². The first kappa shape index (κ1) is 23.7. The van der Waals surface area contributed by atoms with Gasteiger partial charge < -0.3 is 10.1 Å². The van der Waals surface area contributed by atoms with E-state index in [2.05, 4.69) is 12.2 Å². The minimum Gasteiger partial charge on any atom is -0.465 e. The molecule has 0 spiro atoms. The van der Waals surface area contributed by atoms with Crippen LogP contribution < -0.4 is 5.32 Å². The van der Waals surface area contributed by atoms with Crippen LogP contribution in [0, 0.1) is 11.8 Å². The second kappa shape index (κ2) is 9.42. The van der Waals surface area contributed by atoms with E-state index in [0.29, 0.717) is 40.2 Å². The van der Waals surface area contributed by atoms with E-state index in [1.54, 1.807) is 6.07 Å². The molecule has 0 saturated carbocycles. The summed E-state index contributed by atoms with van der Waals surface area (Å²) in [6.07, 6.45) is 3.81. The molecule has 1 aliphatic carbocycles. The average molecular weight is 517 g/mol. The molecule has 4 rings (SSSR count). The van der Waals surface area contributed by atoms with E-state index in [9.17, 15) is 18.0 Å². The van der Waals surface area contributed by atoms with Crippen molar-refractivity contribution < 1.29 is 22.7 Å². The van der Waals surface area contributed by atoms with Crippen molar-refractivity contribution >= 4 is 61.2 Å². The lowest BCUT2D eigenvalue weighted by molar-refractivity contribution is -0.120. The van der Waals surface area contributed by atoms with Crippen molar-refractivity contribution in [3.05, 3.63) is 32.5 Å². The van der Waals surface area contributed by atoms with Gasteiger partial charge in [0.15, 0.2) is 0 Å². The summed E-state index contributed by atoms with van der Waals surface area (Å²) in [5.74, 6) is -0.698. The summed E-state index contributed by atoms with van der Waals surface area (Å²) in [4.78, 5) is 26.7. The Bertz CT molecular complexity index is 1140. The molecule has 0 radical (unpaired) electrons. The molecule has 1 N–H and O–H groups in total. The van der Waals surface area contributed by atoms with Crippen LogP contribution in [0.4, 0.5) is 5.00 Å². The number of hydrogen-bond acceptors (Lipinski definition) is 7. The lowest BCUT2D eigenvalue weighted by Gasteiger charge is -2.30. The third-order valence-corrected chi connectivity index (χ3v) is 10.8. The summed E-state index contributed by atoms with van der Waals surface area (Å²) in [7, 11) is -2.36. The van der Waals surface area contributed by atoms with E-state index < -0.39 is 21.9 Å². The maximum Gasteiger partial charge on any atom is 0.341 e. The molecule has 1 aliphatic heterocycles. The highest BCUT2D eigenvalue weighted by Gasteiger charge is 2.35. The smallest absolute Gasteiger partial charge is 0.341 e. The number of rotatable bonds is 5. The van der Waals surface area contributed by atoms with Gasteiger partial charge in [0.1, 0.15) is 9.21 Å². The number of carbonyl (C=O) groups excluding carboxylic acids is 2. The number of nitrogens with one attached hydrogen (secondary N) is 1. The monoisotopic (exact) mass is 516 g/mol. The van der Waals surface area contributed by atoms with Crippen LogP contribution in [0.3, 0.4) is 0 Å². The second-order valence-electron chi connectivity index (χ2n) is 8.30. The SMILES string of the molecule is COC(=O)c1c(NC(=O)C2CCCN(S(=O)(=O)c3ccc(Cl)s3)C2)sc2c1CCC(C)C2. The number of amides is 1. The first-order valence-electron chi connectivity index (χ1n) is 10.5. The molecule has 2 aromatic rings. The van der Waals surface area contributed by atoms with E-state index >= 15 is 0 Å². The largest absolute Gasteiger partial charge is 0.465 e. The summed E-state index contributed by atoms with van der Waals surface area (Å²) in [5, 5.41) is 3.43. The number of hydrogen-bond donors (Lipinski definition) is 1. The van der Waals surface area contributed by atoms with Crippen LogP contribution in [-0.2, 0) is 32.4 Å². The van der Waals surface area contributed by atoms with Gasteiger partial charge in [0.05, 0.1) is 22.9 Å². The van der Waals surface area contributed by atoms with E-state index in [-0.39, 0.29) is 16.7 Å². The van der Waals surface area contributed by atoms with Crippen LogP contribution in [0.5, 0.6) is 0 Å². The minimum atomic E-state index is -3.70. The van der Waals surface area contributed by atoms with E-state index in [0.717, 1.165) is 41.0 Å². The number of carbonyl (C=O) groups is 2. The van der Waals surface area contributed by atoms with Gasteiger partial charge >= 0.3 is 5.97 Å². The van der Waals surface area contributed by atoms with Crippen molar-refractivity contribution in [2.45, 2.75) is 43.2 Å². The second-order valence-corrected chi connectivity index (χ2v) is 13.3. The van der Waals surface area contributed by atoms with Crippen LogP contribution >= 0.6 is 34.3 Å². The van der Waals surface area contributed by atoms with Crippen LogP contribution in [0.25, 0.3) is 0 Å². The molecule has 174 valence electrons. The summed E-state index contributed by atoms with van der Waals surface area (Å²) in [5.41, 5.74) is 1.42. The molecular weight excluding hydrogens is 492 g/mol. The summed E-state index contributed by atoms with van der Waals surface area (Å²) >= 11 is 8.35. The normalized spacial score (nSPS) is 21.7. The Hall–Kier alpha value is -1.46. The zero-order valence-electron chi connectivity index (χ0n) is 17.9. The number of nitrogens with zero attached hydrogens (tertiary/aromatic N) is 1. The van der Waals surface area contributed by atoms with Gasteiger partial charge in [-0.15, -0.1) is 22.7 Å². The van der Waals surface area contributed by atoms with Crippen molar-refractivity contribution in [3.8, 4) is 0 Å². The number of methoxy groups -OCH3 is 1. The van der Waals surface area contributed by atoms with Crippen molar-refractivity contribution in [2.75, 3.05) is 25.5 Å². The van der Waals surface area contributed by atoms with Crippen molar-refractivity contribution in [2.24, 2.45) is 11.8 Å². The van der Waals surface area contributed by atoms with Gasteiger partial charge in [0, 0.05) is 18.0 Å². The first-order valence-corrected chi connectivity index (χ1v) is 13.9. The standard InChI is InChI=1S/C21H25ClN2O5S3/c1-12-5-6-14-15(10-12)30-20(18(14)21(26)29-2)23-19(25)13-4-3-9-24(11-13)32(27,28)17-8-7-16(22)31-17/h7-8,12-13H,3-6,9-11H2,1-2H3,(H,23,25). The summed E-state index contributed by atoms with van der Waals surface area (Å²) in [6.45, 7) is 2.64. The number of thiophene rings is 2. The third kappa shape index (κ3) is 4.61. The minimum absolute atomic E-state index is 0.0966. The van der Waals surface area contributed by atoms with Crippen LogP contribution in [0.15, 0.2) is 16.3 Å². The van der Waals surface area contributed by atoms with Crippen molar-refractivity contribution in [3.63, 3.8) is 0 Å². The number of halogens is 1. The molecular formula is C21H25ClN2O5S3. The Labute approximate surface area is 200 Å². The highest BCUT2D eigenvalue weighted by Crippen LogP contribution is 2.40. The van der Waals surface area contributed by atoms with E-state index in [1.165, 1.54) is 28.8 Å². The van der Waals surface area contributed by atoms with Crippen molar-refractivity contribution in [1.29, 1.82) is 0 Å². The number of ether oxygens (including phenoxy) is 1. The maximum absolute atomic E-state index is 13.1. The number of piperidine rings is 1. The Morgan fingerprint density at radius 3 is 2.72 bits per heavy atom. The van der Waals surface area contributed by atoms with E-state index in [4.69, 9.17) is 16.3 Å². The Kier molecular flexibility index (Phi) is 6.97.